The topological polar surface area (TPSA) is 96.0 Å². The van der Waals surface area contributed by atoms with Crippen molar-refractivity contribution in [3.05, 3.63) is 101 Å². The number of halogens is 1. The fourth-order valence-electron chi connectivity index (χ4n) is 3.74. The number of benzene rings is 3. The molecule has 0 aliphatic rings. The predicted octanol–water partition coefficient (Wildman–Crippen LogP) is 3.63. The van der Waals surface area contributed by atoms with E-state index in [-0.39, 0.29) is 13.1 Å². The molecule has 196 valence electrons. The lowest BCUT2D eigenvalue weighted by Crippen LogP contribution is -2.47. The Bertz CT molecular complexity index is 1320. The van der Waals surface area contributed by atoms with E-state index in [1.807, 2.05) is 24.3 Å². The second-order valence-electron chi connectivity index (χ2n) is 8.51. The molecule has 0 radical (unpaired) electrons. The molecule has 3 aromatic carbocycles. The van der Waals surface area contributed by atoms with E-state index in [9.17, 15) is 18.0 Å². The van der Waals surface area contributed by atoms with E-state index in [2.05, 4.69) is 5.32 Å². The minimum Gasteiger partial charge on any atom is -0.496 e. The molecule has 1 atom stereocenters. The van der Waals surface area contributed by atoms with Crippen LogP contribution in [0.3, 0.4) is 0 Å². The third-order valence-corrected chi connectivity index (χ3v) is 7.34. The number of hydrogen-bond donors (Lipinski definition) is 1. The number of likely N-dealkylation sites (N-methyl/N-ethyl adjacent to an activating group) is 1. The Balaban J connectivity index is 1.98. The molecule has 0 saturated carbocycles. The zero-order valence-corrected chi connectivity index (χ0v) is 22.5. The minimum atomic E-state index is -3.62. The van der Waals surface area contributed by atoms with Crippen LogP contribution in [0.4, 0.5) is 0 Å². The van der Waals surface area contributed by atoms with Gasteiger partial charge in [0.15, 0.2) is 0 Å². The number of carbonyl (C=O) groups excluding carboxylic acids is 2. The monoisotopic (exact) mass is 543 g/mol. The van der Waals surface area contributed by atoms with Crippen LogP contribution in [0.25, 0.3) is 0 Å². The largest absolute Gasteiger partial charge is 0.496 e. The van der Waals surface area contributed by atoms with E-state index in [0.717, 1.165) is 21.7 Å². The minimum absolute atomic E-state index is 0.0647. The first-order chi connectivity index (χ1) is 17.6. The Labute approximate surface area is 222 Å². The van der Waals surface area contributed by atoms with Crippen LogP contribution in [0.5, 0.6) is 5.75 Å². The Morgan fingerprint density at radius 3 is 2.22 bits per heavy atom. The Hall–Kier alpha value is -3.40. The van der Waals surface area contributed by atoms with Crippen molar-refractivity contribution in [2.75, 3.05) is 27.0 Å². The van der Waals surface area contributed by atoms with Crippen molar-refractivity contribution >= 4 is 33.4 Å². The number of ether oxygens (including phenoxy) is 1. The van der Waals surface area contributed by atoms with E-state index < -0.39 is 34.4 Å². The van der Waals surface area contributed by atoms with Gasteiger partial charge in [0.2, 0.25) is 21.8 Å². The average molecular weight is 544 g/mol. The molecule has 1 N–H and O–H groups in total. The Kier molecular flexibility index (Phi) is 9.68. The van der Waals surface area contributed by atoms with Crippen LogP contribution in [0.2, 0.25) is 5.02 Å². The summed E-state index contributed by atoms with van der Waals surface area (Å²) in [6.07, 6.45) is 1.03. The number of carbonyl (C=O) groups is 2. The molecule has 0 fully saturated rings. The summed E-state index contributed by atoms with van der Waals surface area (Å²) < 4.78 is 30.4. The van der Waals surface area contributed by atoms with Crippen molar-refractivity contribution in [2.45, 2.75) is 19.1 Å². The maximum absolute atomic E-state index is 13.7. The van der Waals surface area contributed by atoms with Gasteiger partial charge in [0.05, 0.1) is 19.9 Å². The third kappa shape index (κ3) is 7.79. The molecule has 10 heteroatoms. The average Bonchev–Trinajstić information content (AvgIpc) is 2.88. The molecule has 0 heterocycles. The van der Waals surface area contributed by atoms with Gasteiger partial charge in [-0.3, -0.25) is 9.59 Å². The third-order valence-electron chi connectivity index (χ3n) is 5.83. The maximum atomic E-state index is 13.7. The zero-order chi connectivity index (χ0) is 27.0. The summed E-state index contributed by atoms with van der Waals surface area (Å²) in [7, 11) is -0.740. The van der Waals surface area contributed by atoms with Gasteiger partial charge in [-0.2, -0.15) is 4.31 Å². The lowest BCUT2D eigenvalue weighted by molar-refractivity contribution is -0.141. The first kappa shape index (κ1) is 28.2. The van der Waals surface area contributed by atoms with Gasteiger partial charge in [-0.25, -0.2) is 8.42 Å². The number of nitrogens with zero attached hydrogens (tertiary/aromatic N) is 2. The van der Waals surface area contributed by atoms with Crippen LogP contribution < -0.4 is 10.1 Å². The van der Waals surface area contributed by atoms with E-state index in [0.29, 0.717) is 16.3 Å². The summed E-state index contributed by atoms with van der Waals surface area (Å²) in [6.45, 7) is -0.177. The van der Waals surface area contributed by atoms with E-state index in [1.165, 1.54) is 11.9 Å². The molecule has 0 saturated heterocycles. The molecule has 0 aliphatic heterocycles. The van der Waals surface area contributed by atoms with Crippen LogP contribution >= 0.6 is 11.6 Å². The Morgan fingerprint density at radius 1 is 0.973 bits per heavy atom. The van der Waals surface area contributed by atoms with Crippen LogP contribution in [-0.4, -0.2) is 56.4 Å². The number of nitrogens with one attached hydrogen (secondary N) is 1. The van der Waals surface area contributed by atoms with Crippen LogP contribution in [0, 0.1) is 0 Å². The van der Waals surface area contributed by atoms with E-state index in [1.54, 1.807) is 61.7 Å². The highest BCUT2D eigenvalue weighted by Crippen LogP contribution is 2.26. The first-order valence-corrected chi connectivity index (χ1v) is 13.7. The number of amides is 2. The molecular formula is C27H30ClN3O5S. The van der Waals surface area contributed by atoms with Crippen molar-refractivity contribution in [2.24, 2.45) is 0 Å². The Morgan fingerprint density at radius 2 is 1.59 bits per heavy atom. The predicted molar refractivity (Wildman–Crippen MR) is 143 cm³/mol. The normalized spacial score (nSPS) is 12.1. The standard InChI is InChI=1S/C27H30ClN3O5S/c1-30(37(3,34)35)19-25(32)31(18-20-13-15-23(28)16-14-20)26(21-9-5-4-6-10-21)27(33)29-17-22-11-7-8-12-24(22)36-2/h4-16,26H,17-19H2,1-3H3,(H,29,33)/t26-/m0/s1. The van der Waals surface area contributed by atoms with E-state index >= 15 is 0 Å². The summed E-state index contributed by atoms with van der Waals surface area (Å²) in [6, 6.07) is 22.1. The first-order valence-electron chi connectivity index (χ1n) is 11.5. The molecule has 3 aromatic rings. The van der Waals surface area contributed by atoms with Crippen LogP contribution in [-0.2, 0) is 32.7 Å². The molecule has 0 aliphatic carbocycles. The fraction of sp³-hybridized carbons (Fsp3) is 0.259. The van der Waals surface area contributed by atoms with Crippen molar-refractivity contribution in [3.63, 3.8) is 0 Å². The molecule has 0 unspecified atom stereocenters. The molecule has 2 amide bonds. The molecule has 8 nitrogen and oxygen atoms in total. The van der Waals surface area contributed by atoms with Crippen LogP contribution in [0.15, 0.2) is 78.9 Å². The lowest BCUT2D eigenvalue weighted by Gasteiger charge is -2.32. The van der Waals surface area contributed by atoms with Crippen molar-refractivity contribution in [1.82, 2.24) is 14.5 Å². The summed E-state index contributed by atoms with van der Waals surface area (Å²) >= 11 is 6.03. The van der Waals surface area contributed by atoms with Gasteiger partial charge in [-0.1, -0.05) is 72.3 Å². The van der Waals surface area contributed by atoms with Gasteiger partial charge in [-0.15, -0.1) is 0 Å². The smallest absolute Gasteiger partial charge is 0.247 e. The number of para-hydroxylation sites is 1. The highest BCUT2D eigenvalue weighted by Gasteiger charge is 2.33. The molecule has 0 spiro atoms. The molecular weight excluding hydrogens is 514 g/mol. The summed E-state index contributed by atoms with van der Waals surface area (Å²) in [5, 5.41) is 3.46. The van der Waals surface area contributed by atoms with E-state index in [4.69, 9.17) is 16.3 Å². The summed E-state index contributed by atoms with van der Waals surface area (Å²) in [5.74, 6) is -0.312. The van der Waals surface area contributed by atoms with Gasteiger partial charge in [0, 0.05) is 30.7 Å². The van der Waals surface area contributed by atoms with Gasteiger partial charge >= 0.3 is 0 Å². The molecule has 0 bridgehead atoms. The summed E-state index contributed by atoms with van der Waals surface area (Å²) in [4.78, 5) is 28.6. The van der Waals surface area contributed by atoms with Gasteiger partial charge < -0.3 is 15.0 Å². The molecule has 3 rings (SSSR count). The van der Waals surface area contributed by atoms with Crippen molar-refractivity contribution < 1.29 is 22.7 Å². The molecule has 0 aromatic heterocycles. The number of methoxy groups -OCH3 is 1. The van der Waals surface area contributed by atoms with Crippen molar-refractivity contribution in [3.8, 4) is 5.75 Å². The van der Waals surface area contributed by atoms with Crippen molar-refractivity contribution in [1.29, 1.82) is 0 Å². The molecule has 37 heavy (non-hydrogen) atoms. The quantitative estimate of drug-likeness (QED) is 0.398. The highest BCUT2D eigenvalue weighted by atomic mass is 35.5. The van der Waals surface area contributed by atoms with Gasteiger partial charge in [0.1, 0.15) is 11.8 Å². The van der Waals surface area contributed by atoms with Crippen LogP contribution in [0.1, 0.15) is 22.7 Å². The second-order valence-corrected chi connectivity index (χ2v) is 11.0. The highest BCUT2D eigenvalue weighted by molar-refractivity contribution is 7.88. The number of sulfonamides is 1. The number of hydrogen-bond acceptors (Lipinski definition) is 5. The fourth-order valence-corrected chi connectivity index (χ4v) is 4.22. The van der Waals surface area contributed by atoms with Gasteiger partial charge in [0.25, 0.3) is 0 Å². The zero-order valence-electron chi connectivity index (χ0n) is 20.9. The summed E-state index contributed by atoms with van der Waals surface area (Å²) in [5.41, 5.74) is 2.10. The number of rotatable bonds is 11. The lowest BCUT2D eigenvalue weighted by atomic mass is 10.0. The van der Waals surface area contributed by atoms with Gasteiger partial charge in [-0.05, 0) is 29.3 Å². The maximum Gasteiger partial charge on any atom is 0.247 e. The second kappa shape index (κ2) is 12.7. The SMILES string of the molecule is COc1ccccc1CNC(=O)[C@H](c1ccccc1)N(Cc1ccc(Cl)cc1)C(=O)CN(C)S(C)(=O)=O.